The predicted octanol–water partition coefficient (Wildman–Crippen LogP) is 2.93. The summed E-state index contributed by atoms with van der Waals surface area (Å²) < 4.78 is 22.1. The average molecular weight is 528 g/mol. The van der Waals surface area contributed by atoms with Crippen LogP contribution in [0.1, 0.15) is 34.6 Å². The van der Waals surface area contributed by atoms with Crippen molar-refractivity contribution in [2.45, 2.75) is 26.0 Å². The van der Waals surface area contributed by atoms with Crippen molar-refractivity contribution in [1.29, 1.82) is 0 Å². The van der Waals surface area contributed by atoms with Crippen LogP contribution < -0.4 is 14.8 Å². The van der Waals surface area contributed by atoms with Gasteiger partial charge in [0.25, 0.3) is 11.8 Å². The van der Waals surface area contributed by atoms with Gasteiger partial charge < -0.3 is 34.1 Å². The Balaban J connectivity index is 1.92. The molecule has 0 fully saturated rings. The average Bonchev–Trinajstić information content (AvgIpc) is 2.92. The van der Waals surface area contributed by atoms with E-state index in [9.17, 15) is 14.4 Å². The molecular weight excluding hydrogens is 490 g/mol. The molecule has 0 saturated heterocycles. The van der Waals surface area contributed by atoms with Gasteiger partial charge in [-0.1, -0.05) is 6.92 Å². The summed E-state index contributed by atoms with van der Waals surface area (Å²) in [6.45, 7) is 4.71. The third-order valence-corrected chi connectivity index (χ3v) is 6.64. The van der Waals surface area contributed by atoms with Crippen LogP contribution in [-0.2, 0) is 14.3 Å². The summed E-state index contributed by atoms with van der Waals surface area (Å²) in [6.07, 6.45) is -0.291. The number of nitrogens with zero attached hydrogens (tertiary/aromatic N) is 2. The molecule has 10 nitrogen and oxygen atoms in total. The van der Waals surface area contributed by atoms with E-state index in [1.165, 1.54) is 7.11 Å². The summed E-state index contributed by atoms with van der Waals surface area (Å²) >= 11 is 0. The van der Waals surface area contributed by atoms with Crippen LogP contribution >= 0.6 is 0 Å². The Labute approximate surface area is 223 Å². The molecule has 0 unspecified atom stereocenters. The van der Waals surface area contributed by atoms with Crippen molar-refractivity contribution in [2.75, 3.05) is 60.0 Å². The van der Waals surface area contributed by atoms with Crippen LogP contribution in [-0.4, -0.2) is 94.3 Å². The number of fused-ring (bicyclic) bond motifs is 1. The molecule has 0 spiro atoms. The van der Waals surface area contributed by atoms with Crippen molar-refractivity contribution in [1.82, 2.24) is 9.80 Å². The van der Waals surface area contributed by atoms with E-state index in [4.69, 9.17) is 18.9 Å². The zero-order chi connectivity index (χ0) is 27.8. The molecule has 3 rings (SSSR count). The molecule has 10 heteroatoms. The Kier molecular flexibility index (Phi) is 10.1. The van der Waals surface area contributed by atoms with E-state index in [1.807, 2.05) is 13.8 Å². The number of carbonyl (C=O) groups excluding carboxylic acids is 3. The van der Waals surface area contributed by atoms with E-state index in [1.54, 1.807) is 73.5 Å². The van der Waals surface area contributed by atoms with Crippen LogP contribution in [0, 0.1) is 5.92 Å². The maximum Gasteiger partial charge on any atom is 0.257 e. The number of carbonyl (C=O) groups is 3. The van der Waals surface area contributed by atoms with Crippen molar-refractivity contribution in [2.24, 2.45) is 5.92 Å². The van der Waals surface area contributed by atoms with Gasteiger partial charge in [0.1, 0.15) is 24.7 Å². The van der Waals surface area contributed by atoms with E-state index in [2.05, 4.69) is 5.32 Å². The Bertz CT molecular complexity index is 1120. The minimum absolute atomic E-state index is 0.0482. The summed E-state index contributed by atoms with van der Waals surface area (Å²) in [4.78, 5) is 42.3. The maximum absolute atomic E-state index is 13.4. The predicted molar refractivity (Wildman–Crippen MR) is 143 cm³/mol. The number of likely N-dealkylation sites (N-methyl/N-ethyl adjacent to an activating group) is 1. The van der Waals surface area contributed by atoms with Crippen molar-refractivity contribution in [3.63, 3.8) is 0 Å². The normalized spacial score (nSPS) is 20.5. The van der Waals surface area contributed by atoms with Gasteiger partial charge in [0, 0.05) is 57.6 Å². The fraction of sp³-hybridized carbons (Fsp3) is 0.464. The van der Waals surface area contributed by atoms with Gasteiger partial charge in [-0.2, -0.15) is 0 Å². The lowest BCUT2D eigenvalue weighted by molar-refractivity contribution is -0.139. The molecule has 206 valence electrons. The van der Waals surface area contributed by atoms with Crippen LogP contribution in [0.15, 0.2) is 42.5 Å². The molecule has 2 aromatic rings. The highest BCUT2D eigenvalue weighted by Crippen LogP contribution is 2.27. The Morgan fingerprint density at radius 2 is 1.76 bits per heavy atom. The van der Waals surface area contributed by atoms with Gasteiger partial charge in [-0.15, -0.1) is 0 Å². The van der Waals surface area contributed by atoms with E-state index >= 15 is 0 Å². The lowest BCUT2D eigenvalue weighted by Crippen LogP contribution is -2.49. The van der Waals surface area contributed by atoms with Crippen molar-refractivity contribution < 1.29 is 33.3 Å². The van der Waals surface area contributed by atoms with Gasteiger partial charge in [-0.25, -0.2) is 0 Å². The summed E-state index contributed by atoms with van der Waals surface area (Å²) in [5, 5.41) is 2.85. The minimum atomic E-state index is -0.314. The van der Waals surface area contributed by atoms with Crippen LogP contribution in [0.2, 0.25) is 0 Å². The molecule has 1 N–H and O–H groups in total. The SMILES string of the molecule is COCC(=O)N1C[C@@H](C)[C@@H](OC)CN(C)C(=O)c2ccc(NC(=O)c3ccc(OC)cc3)cc2OC[C@@H]1C. The number of hydrogen-bond donors (Lipinski definition) is 1. The van der Waals surface area contributed by atoms with Crippen molar-refractivity contribution >= 4 is 23.4 Å². The maximum atomic E-state index is 13.4. The minimum Gasteiger partial charge on any atom is -0.497 e. The zero-order valence-electron chi connectivity index (χ0n) is 22.9. The van der Waals surface area contributed by atoms with E-state index in [0.29, 0.717) is 41.4 Å². The fourth-order valence-electron chi connectivity index (χ4n) is 4.35. The van der Waals surface area contributed by atoms with Gasteiger partial charge >= 0.3 is 0 Å². The van der Waals surface area contributed by atoms with Gasteiger partial charge in [-0.3, -0.25) is 14.4 Å². The number of methoxy groups -OCH3 is 3. The monoisotopic (exact) mass is 527 g/mol. The molecule has 0 aromatic heterocycles. The number of benzene rings is 2. The molecule has 38 heavy (non-hydrogen) atoms. The lowest BCUT2D eigenvalue weighted by Gasteiger charge is -2.36. The first-order chi connectivity index (χ1) is 18.2. The number of rotatable bonds is 6. The van der Waals surface area contributed by atoms with Gasteiger partial charge in [0.05, 0.1) is 24.8 Å². The molecule has 1 heterocycles. The highest BCUT2D eigenvalue weighted by molar-refractivity contribution is 6.05. The Morgan fingerprint density at radius 1 is 1.05 bits per heavy atom. The fourth-order valence-corrected chi connectivity index (χ4v) is 4.35. The molecular formula is C28H37N3O7. The third kappa shape index (κ3) is 7.02. The number of hydrogen-bond acceptors (Lipinski definition) is 7. The van der Waals surface area contributed by atoms with Gasteiger partial charge in [0.2, 0.25) is 5.91 Å². The first-order valence-corrected chi connectivity index (χ1v) is 12.5. The molecule has 3 amide bonds. The third-order valence-electron chi connectivity index (χ3n) is 6.64. The number of nitrogens with one attached hydrogen (secondary N) is 1. The molecule has 0 aliphatic carbocycles. The molecule has 0 saturated carbocycles. The smallest absolute Gasteiger partial charge is 0.257 e. The van der Waals surface area contributed by atoms with E-state index in [0.717, 1.165) is 0 Å². The first-order valence-electron chi connectivity index (χ1n) is 12.5. The van der Waals surface area contributed by atoms with Gasteiger partial charge in [0.15, 0.2) is 0 Å². The lowest BCUT2D eigenvalue weighted by atomic mass is 10.0. The van der Waals surface area contributed by atoms with Crippen molar-refractivity contribution in [3.8, 4) is 11.5 Å². The largest absolute Gasteiger partial charge is 0.497 e. The molecule has 1 aliphatic rings. The van der Waals surface area contributed by atoms with Crippen LogP contribution in [0.5, 0.6) is 11.5 Å². The quantitative estimate of drug-likeness (QED) is 0.616. The summed E-state index contributed by atoms with van der Waals surface area (Å²) in [6, 6.07) is 11.3. The number of ether oxygens (including phenoxy) is 4. The molecule has 3 atom stereocenters. The Morgan fingerprint density at radius 3 is 2.39 bits per heavy atom. The molecule has 0 bridgehead atoms. The van der Waals surface area contributed by atoms with Crippen molar-refractivity contribution in [3.05, 3.63) is 53.6 Å². The number of anilines is 1. The van der Waals surface area contributed by atoms with E-state index in [-0.39, 0.29) is 49.0 Å². The van der Waals surface area contributed by atoms with Crippen LogP contribution in [0.25, 0.3) is 0 Å². The second-order valence-corrected chi connectivity index (χ2v) is 9.47. The number of amides is 3. The first kappa shape index (κ1) is 28.9. The topological polar surface area (TPSA) is 107 Å². The van der Waals surface area contributed by atoms with Gasteiger partial charge in [-0.05, 0) is 43.3 Å². The highest BCUT2D eigenvalue weighted by atomic mass is 16.5. The summed E-state index contributed by atoms with van der Waals surface area (Å²) in [5.74, 6) is 0.201. The van der Waals surface area contributed by atoms with Crippen LogP contribution in [0.4, 0.5) is 5.69 Å². The molecule has 2 aromatic carbocycles. The van der Waals surface area contributed by atoms with Crippen LogP contribution in [0.3, 0.4) is 0 Å². The standard InChI is InChI=1S/C28H37N3O7/c1-18-14-31(26(32)17-35-4)19(2)16-38-24-13-21(29-27(33)20-7-10-22(36-5)11-8-20)9-12-23(24)28(34)30(3)15-25(18)37-6/h7-13,18-19,25H,14-17H2,1-6H3,(H,29,33)/t18-,19+,25+/m1/s1. The molecule has 1 aliphatic heterocycles. The zero-order valence-corrected chi connectivity index (χ0v) is 22.9. The summed E-state index contributed by atoms with van der Waals surface area (Å²) in [7, 11) is 6.34. The second-order valence-electron chi connectivity index (χ2n) is 9.47. The summed E-state index contributed by atoms with van der Waals surface area (Å²) in [5.41, 5.74) is 1.27. The van der Waals surface area contributed by atoms with E-state index < -0.39 is 0 Å². The molecule has 0 radical (unpaired) electrons. The Hall–Kier alpha value is -3.63. The highest BCUT2D eigenvalue weighted by Gasteiger charge is 2.30. The second kappa shape index (κ2) is 13.3.